The zero-order valence-corrected chi connectivity index (χ0v) is 14.7. The Hall–Kier alpha value is -0.430. The van der Waals surface area contributed by atoms with Crippen molar-refractivity contribution >= 4 is 26.0 Å². The predicted octanol–water partition coefficient (Wildman–Crippen LogP) is 2.83. The van der Waals surface area contributed by atoms with E-state index in [1.165, 1.54) is 0 Å². The van der Waals surface area contributed by atoms with Gasteiger partial charge in [0.05, 0.1) is 4.90 Å². The molecule has 0 radical (unpaired) electrons. The summed E-state index contributed by atoms with van der Waals surface area (Å²) in [6.45, 7) is 7.55. The summed E-state index contributed by atoms with van der Waals surface area (Å²) in [7, 11) is -3.61. The number of nitrogens with one attached hydrogen (secondary N) is 1. The van der Waals surface area contributed by atoms with Crippen molar-refractivity contribution in [2.24, 2.45) is 5.41 Å². The largest absolute Gasteiger partial charge is 0.396 e. The second-order valence-corrected chi connectivity index (χ2v) is 8.56. The zero-order chi connectivity index (χ0) is 15.6. The Morgan fingerprint density at radius 1 is 1.35 bits per heavy atom. The van der Waals surface area contributed by atoms with Crippen LogP contribution in [0.25, 0.3) is 0 Å². The molecule has 1 atom stereocenters. The van der Waals surface area contributed by atoms with Gasteiger partial charge < -0.3 is 5.11 Å². The Balaban J connectivity index is 3.13. The fourth-order valence-electron chi connectivity index (χ4n) is 1.91. The van der Waals surface area contributed by atoms with E-state index in [1.54, 1.807) is 19.1 Å². The first-order valence-corrected chi connectivity index (χ1v) is 8.75. The smallest absolute Gasteiger partial charge is 0.241 e. The van der Waals surface area contributed by atoms with Crippen molar-refractivity contribution in [3.8, 4) is 0 Å². The van der Waals surface area contributed by atoms with Crippen LogP contribution in [0, 0.1) is 12.3 Å². The molecular weight excluding hydrogens is 342 g/mol. The highest BCUT2D eigenvalue weighted by atomic mass is 79.9. The van der Waals surface area contributed by atoms with E-state index in [0.29, 0.717) is 12.0 Å². The van der Waals surface area contributed by atoms with Gasteiger partial charge in [0.1, 0.15) is 0 Å². The van der Waals surface area contributed by atoms with E-state index >= 15 is 0 Å². The number of sulfonamides is 1. The number of aliphatic hydroxyl groups excluding tert-OH is 1. The Labute approximate surface area is 129 Å². The van der Waals surface area contributed by atoms with Gasteiger partial charge in [0.25, 0.3) is 0 Å². The van der Waals surface area contributed by atoms with Crippen molar-refractivity contribution in [1.82, 2.24) is 4.72 Å². The number of halogens is 1. The minimum Gasteiger partial charge on any atom is -0.396 e. The maximum Gasteiger partial charge on any atom is 0.241 e. The summed E-state index contributed by atoms with van der Waals surface area (Å²) < 4.78 is 28.5. The molecule has 0 heterocycles. The van der Waals surface area contributed by atoms with Gasteiger partial charge in [0.2, 0.25) is 10.0 Å². The topological polar surface area (TPSA) is 66.4 Å². The minimum atomic E-state index is -3.61. The lowest BCUT2D eigenvalue weighted by molar-refractivity contribution is 0.214. The number of benzene rings is 1. The van der Waals surface area contributed by atoms with Crippen molar-refractivity contribution in [1.29, 1.82) is 0 Å². The van der Waals surface area contributed by atoms with E-state index in [-0.39, 0.29) is 23.0 Å². The lowest BCUT2D eigenvalue weighted by atomic mass is 9.86. The summed E-state index contributed by atoms with van der Waals surface area (Å²) in [6, 6.07) is 4.84. The molecule has 0 aliphatic heterocycles. The summed E-state index contributed by atoms with van der Waals surface area (Å²) in [6.07, 6.45) is 0.385. The molecule has 1 aromatic rings. The average Bonchev–Trinajstić information content (AvgIpc) is 2.30. The maximum absolute atomic E-state index is 12.5. The predicted molar refractivity (Wildman–Crippen MR) is 84.1 cm³/mol. The Morgan fingerprint density at radius 2 is 1.95 bits per heavy atom. The van der Waals surface area contributed by atoms with E-state index < -0.39 is 10.0 Å². The highest BCUT2D eigenvalue weighted by molar-refractivity contribution is 9.10. The molecule has 0 bridgehead atoms. The van der Waals surface area contributed by atoms with Gasteiger partial charge >= 0.3 is 0 Å². The normalized spacial score (nSPS) is 14.3. The van der Waals surface area contributed by atoms with Crippen LogP contribution < -0.4 is 4.72 Å². The van der Waals surface area contributed by atoms with Gasteiger partial charge in [-0.1, -0.05) is 42.8 Å². The second-order valence-electron chi connectivity index (χ2n) is 5.96. The molecule has 0 fully saturated rings. The van der Waals surface area contributed by atoms with Crippen LogP contribution in [0.5, 0.6) is 0 Å². The van der Waals surface area contributed by atoms with Crippen molar-refractivity contribution < 1.29 is 13.5 Å². The van der Waals surface area contributed by atoms with E-state index in [2.05, 4.69) is 20.7 Å². The molecule has 6 heteroatoms. The van der Waals surface area contributed by atoms with E-state index in [9.17, 15) is 8.42 Å². The maximum atomic E-state index is 12.5. The van der Waals surface area contributed by atoms with Crippen molar-refractivity contribution in [3.05, 3.63) is 28.2 Å². The van der Waals surface area contributed by atoms with Crippen LogP contribution >= 0.6 is 15.9 Å². The Morgan fingerprint density at radius 3 is 2.45 bits per heavy atom. The van der Waals surface area contributed by atoms with Gasteiger partial charge in [-0.25, -0.2) is 13.1 Å². The SMILES string of the molecule is Cc1ccc(Br)cc1S(=O)(=O)NC(CCO)C(C)(C)C. The first kappa shape index (κ1) is 17.6. The minimum absolute atomic E-state index is 0.0536. The molecule has 0 aromatic heterocycles. The van der Waals surface area contributed by atoms with Crippen molar-refractivity contribution in [2.45, 2.75) is 45.1 Å². The van der Waals surface area contributed by atoms with E-state index in [1.807, 2.05) is 26.8 Å². The highest BCUT2D eigenvalue weighted by Crippen LogP contribution is 2.26. The quantitative estimate of drug-likeness (QED) is 0.844. The molecule has 0 aliphatic rings. The average molecular weight is 364 g/mol. The molecule has 0 saturated carbocycles. The second kappa shape index (κ2) is 6.56. The van der Waals surface area contributed by atoms with Gasteiger partial charge in [-0.15, -0.1) is 0 Å². The number of rotatable bonds is 5. The summed E-state index contributed by atoms with van der Waals surface area (Å²) in [5.74, 6) is 0. The number of hydrogen-bond donors (Lipinski definition) is 2. The van der Waals surface area contributed by atoms with Gasteiger partial charge in [0.15, 0.2) is 0 Å². The Bertz CT molecular complexity index is 564. The molecule has 0 aliphatic carbocycles. The standard InChI is InChI=1S/C14H22BrNO3S/c1-10-5-6-11(15)9-12(10)20(18,19)16-13(7-8-17)14(2,3)4/h5-6,9,13,16-17H,7-8H2,1-4H3. The molecule has 20 heavy (non-hydrogen) atoms. The molecule has 1 aromatic carbocycles. The highest BCUT2D eigenvalue weighted by Gasteiger charge is 2.29. The van der Waals surface area contributed by atoms with Crippen molar-refractivity contribution in [2.75, 3.05) is 6.61 Å². The fourth-order valence-corrected chi connectivity index (χ4v) is 4.17. The molecule has 1 unspecified atom stereocenters. The van der Waals surface area contributed by atoms with Crippen LogP contribution in [-0.2, 0) is 10.0 Å². The first-order chi connectivity index (χ1) is 9.08. The third-order valence-electron chi connectivity index (χ3n) is 3.20. The first-order valence-electron chi connectivity index (χ1n) is 6.47. The summed E-state index contributed by atoms with van der Waals surface area (Å²) in [4.78, 5) is 0.263. The zero-order valence-electron chi connectivity index (χ0n) is 12.3. The fraction of sp³-hybridized carbons (Fsp3) is 0.571. The monoisotopic (exact) mass is 363 g/mol. The third-order valence-corrected chi connectivity index (χ3v) is 5.31. The molecule has 4 nitrogen and oxygen atoms in total. The molecule has 0 amide bonds. The number of hydrogen-bond acceptors (Lipinski definition) is 3. The molecule has 0 saturated heterocycles. The summed E-state index contributed by atoms with van der Waals surface area (Å²) in [5, 5.41) is 9.12. The van der Waals surface area contributed by atoms with Gasteiger partial charge in [-0.05, 0) is 36.5 Å². The molecule has 1 rings (SSSR count). The van der Waals surface area contributed by atoms with Crippen LogP contribution in [0.4, 0.5) is 0 Å². The van der Waals surface area contributed by atoms with Crippen LogP contribution in [0.15, 0.2) is 27.6 Å². The molecule has 2 N–H and O–H groups in total. The van der Waals surface area contributed by atoms with Gasteiger partial charge in [0, 0.05) is 17.1 Å². The third kappa shape index (κ3) is 4.55. The summed E-state index contributed by atoms with van der Waals surface area (Å²) >= 11 is 3.29. The molecule has 114 valence electrons. The molecular formula is C14H22BrNO3S. The molecule has 0 spiro atoms. The number of aryl methyl sites for hydroxylation is 1. The van der Waals surface area contributed by atoms with Crippen LogP contribution in [-0.4, -0.2) is 26.2 Å². The Kier molecular flexibility index (Phi) is 5.78. The lowest BCUT2D eigenvalue weighted by Gasteiger charge is -2.31. The van der Waals surface area contributed by atoms with Crippen LogP contribution in [0.1, 0.15) is 32.8 Å². The van der Waals surface area contributed by atoms with E-state index in [0.717, 1.165) is 4.47 Å². The van der Waals surface area contributed by atoms with Crippen LogP contribution in [0.3, 0.4) is 0 Å². The number of aliphatic hydroxyl groups is 1. The van der Waals surface area contributed by atoms with Gasteiger partial charge in [-0.2, -0.15) is 0 Å². The van der Waals surface area contributed by atoms with Crippen molar-refractivity contribution in [3.63, 3.8) is 0 Å². The van der Waals surface area contributed by atoms with E-state index in [4.69, 9.17) is 5.11 Å². The lowest BCUT2D eigenvalue weighted by Crippen LogP contribution is -2.44. The summed E-state index contributed by atoms with van der Waals surface area (Å²) in [5.41, 5.74) is 0.424. The van der Waals surface area contributed by atoms with Gasteiger partial charge in [-0.3, -0.25) is 0 Å². The van der Waals surface area contributed by atoms with Crippen LogP contribution in [0.2, 0.25) is 0 Å².